The molecule has 0 bridgehead atoms. The van der Waals surface area contributed by atoms with E-state index in [0.29, 0.717) is 16.3 Å². The van der Waals surface area contributed by atoms with Gasteiger partial charge in [-0.25, -0.2) is 0 Å². The molecule has 1 N–H and O–H groups in total. The number of anilines is 1. The molecule has 0 amide bonds. The highest BCUT2D eigenvalue weighted by Gasteiger charge is 2.07. The minimum absolute atomic E-state index is 0.0401. The van der Waals surface area contributed by atoms with E-state index in [1.807, 2.05) is 6.07 Å². The highest BCUT2D eigenvalue weighted by atomic mass is 35.5. The highest BCUT2D eigenvalue weighted by Crippen LogP contribution is 2.15. The average Bonchev–Trinajstić information content (AvgIpc) is 2.50. The fraction of sp³-hybridized carbons (Fsp3) is 0. The lowest BCUT2D eigenvalue weighted by Gasteiger charge is -2.02. The van der Waals surface area contributed by atoms with Crippen molar-refractivity contribution in [2.75, 3.05) is 5.43 Å². The van der Waals surface area contributed by atoms with E-state index in [1.54, 1.807) is 24.3 Å². The lowest BCUT2D eigenvalue weighted by Crippen LogP contribution is -2.02. The van der Waals surface area contributed by atoms with Crippen LogP contribution in [0.15, 0.2) is 53.6 Å². The third-order valence-corrected chi connectivity index (χ3v) is 2.85. The molecule has 2 aromatic rings. The van der Waals surface area contributed by atoms with Gasteiger partial charge in [0.25, 0.3) is 5.69 Å². The Balaban J connectivity index is 2.19. The Morgan fingerprint density at radius 3 is 2.33 bits per heavy atom. The van der Waals surface area contributed by atoms with Crippen molar-refractivity contribution in [1.29, 1.82) is 5.26 Å². The second-order valence-electron chi connectivity index (χ2n) is 3.99. The summed E-state index contributed by atoms with van der Waals surface area (Å²) in [6.07, 6.45) is 0. The van der Waals surface area contributed by atoms with Crippen LogP contribution in [0.5, 0.6) is 0 Å². The van der Waals surface area contributed by atoms with Crippen molar-refractivity contribution >= 4 is 28.7 Å². The van der Waals surface area contributed by atoms with Gasteiger partial charge in [-0.05, 0) is 36.4 Å². The van der Waals surface area contributed by atoms with E-state index < -0.39 is 4.92 Å². The normalized spacial score (nSPS) is 10.8. The predicted octanol–water partition coefficient (Wildman–Crippen LogP) is 3.59. The molecule has 0 radical (unpaired) electrons. The Kier molecular flexibility index (Phi) is 4.49. The molecule has 0 aliphatic carbocycles. The molecule has 0 saturated carbocycles. The second-order valence-corrected chi connectivity index (χ2v) is 4.43. The highest BCUT2D eigenvalue weighted by molar-refractivity contribution is 6.30. The number of nitrogens with one attached hydrogen (secondary N) is 1. The van der Waals surface area contributed by atoms with Crippen molar-refractivity contribution in [1.82, 2.24) is 0 Å². The molecule has 0 saturated heterocycles. The first-order valence-corrected chi connectivity index (χ1v) is 6.22. The van der Waals surface area contributed by atoms with Gasteiger partial charge in [0.15, 0.2) is 5.71 Å². The molecule has 0 atom stereocenters. The summed E-state index contributed by atoms with van der Waals surface area (Å²) in [6.45, 7) is 0. The van der Waals surface area contributed by atoms with Gasteiger partial charge >= 0.3 is 0 Å². The summed E-state index contributed by atoms with van der Waals surface area (Å²) in [7, 11) is 0. The van der Waals surface area contributed by atoms with Gasteiger partial charge in [0, 0.05) is 22.7 Å². The molecule has 0 heterocycles. The number of hydrogen-bond acceptors (Lipinski definition) is 5. The molecule has 0 unspecified atom stereocenters. The van der Waals surface area contributed by atoms with Gasteiger partial charge in [-0.2, -0.15) is 10.4 Å². The molecule has 0 aliphatic rings. The van der Waals surface area contributed by atoms with Crippen molar-refractivity contribution in [2.24, 2.45) is 5.10 Å². The second kappa shape index (κ2) is 6.50. The number of nitro benzene ring substituents is 1. The lowest BCUT2D eigenvalue weighted by molar-refractivity contribution is -0.384. The van der Waals surface area contributed by atoms with Crippen LogP contribution in [0.2, 0.25) is 5.02 Å². The SMILES string of the molecule is N#C/C(=N\Nc1ccc(Cl)cc1)c1ccc([N+](=O)[O-])cc1. The van der Waals surface area contributed by atoms with Crippen LogP contribution in [0.4, 0.5) is 11.4 Å². The number of nitriles is 1. The average molecular weight is 301 g/mol. The summed E-state index contributed by atoms with van der Waals surface area (Å²) in [5.41, 5.74) is 3.98. The van der Waals surface area contributed by atoms with Crippen LogP contribution < -0.4 is 5.43 Å². The molecule has 0 aromatic heterocycles. The summed E-state index contributed by atoms with van der Waals surface area (Å²) >= 11 is 5.77. The number of rotatable bonds is 4. The minimum Gasteiger partial charge on any atom is -0.277 e. The first kappa shape index (κ1) is 14.5. The smallest absolute Gasteiger partial charge is 0.269 e. The number of nitro groups is 1. The molecule has 0 spiro atoms. The quantitative estimate of drug-likeness (QED) is 0.530. The summed E-state index contributed by atoms with van der Waals surface area (Å²) in [6, 6.07) is 14.4. The Morgan fingerprint density at radius 1 is 1.19 bits per heavy atom. The molecule has 21 heavy (non-hydrogen) atoms. The molecular formula is C14H9ClN4O2. The maximum atomic E-state index is 10.6. The number of hydrogen-bond donors (Lipinski definition) is 1. The Bertz CT molecular complexity index is 718. The molecular weight excluding hydrogens is 292 g/mol. The summed E-state index contributed by atoms with van der Waals surface area (Å²) in [5.74, 6) is 0. The molecule has 6 nitrogen and oxygen atoms in total. The number of benzene rings is 2. The van der Waals surface area contributed by atoms with E-state index >= 15 is 0 Å². The van der Waals surface area contributed by atoms with E-state index in [-0.39, 0.29) is 11.4 Å². The Hall–Kier alpha value is -2.91. The van der Waals surface area contributed by atoms with Gasteiger partial charge in [-0.3, -0.25) is 15.5 Å². The van der Waals surface area contributed by atoms with Crippen LogP contribution in [0.25, 0.3) is 0 Å². The summed E-state index contributed by atoms with van der Waals surface area (Å²) < 4.78 is 0. The van der Waals surface area contributed by atoms with Gasteiger partial charge < -0.3 is 0 Å². The monoisotopic (exact) mass is 300 g/mol. The van der Waals surface area contributed by atoms with Gasteiger partial charge in [-0.15, -0.1) is 0 Å². The van der Waals surface area contributed by atoms with Gasteiger partial charge in [0.1, 0.15) is 6.07 Å². The fourth-order valence-electron chi connectivity index (χ4n) is 1.54. The van der Waals surface area contributed by atoms with Crippen molar-refractivity contribution < 1.29 is 4.92 Å². The summed E-state index contributed by atoms with van der Waals surface area (Å²) in [4.78, 5) is 10.1. The van der Waals surface area contributed by atoms with E-state index in [0.717, 1.165) is 0 Å². The predicted molar refractivity (Wildman–Crippen MR) is 80.3 cm³/mol. The van der Waals surface area contributed by atoms with E-state index in [1.165, 1.54) is 24.3 Å². The molecule has 0 fully saturated rings. The third kappa shape index (κ3) is 3.78. The number of halogens is 1. The standard InChI is InChI=1S/C14H9ClN4O2/c15-11-3-5-12(6-4-11)17-18-14(9-16)10-1-7-13(8-2-10)19(20)21/h1-8,17H/b18-14+. The van der Waals surface area contributed by atoms with Crippen molar-refractivity contribution in [2.45, 2.75) is 0 Å². The molecule has 7 heteroatoms. The fourth-order valence-corrected chi connectivity index (χ4v) is 1.67. The van der Waals surface area contributed by atoms with Crippen LogP contribution in [-0.4, -0.2) is 10.6 Å². The number of non-ortho nitro benzene ring substituents is 1. The summed E-state index contributed by atoms with van der Waals surface area (Å²) in [5, 5.41) is 24.3. The van der Waals surface area contributed by atoms with Gasteiger partial charge in [0.05, 0.1) is 10.6 Å². The maximum absolute atomic E-state index is 10.6. The van der Waals surface area contributed by atoms with Gasteiger partial charge in [-0.1, -0.05) is 11.6 Å². The first-order chi connectivity index (χ1) is 10.1. The molecule has 104 valence electrons. The largest absolute Gasteiger partial charge is 0.277 e. The van der Waals surface area contributed by atoms with Gasteiger partial charge in [0.2, 0.25) is 0 Å². The minimum atomic E-state index is -0.501. The lowest BCUT2D eigenvalue weighted by atomic mass is 10.1. The van der Waals surface area contributed by atoms with Crippen LogP contribution in [-0.2, 0) is 0 Å². The van der Waals surface area contributed by atoms with Crippen molar-refractivity contribution in [3.8, 4) is 6.07 Å². The van der Waals surface area contributed by atoms with E-state index in [2.05, 4.69) is 10.5 Å². The zero-order valence-electron chi connectivity index (χ0n) is 10.7. The number of nitrogens with zero attached hydrogens (tertiary/aromatic N) is 3. The first-order valence-electron chi connectivity index (χ1n) is 5.84. The Morgan fingerprint density at radius 2 is 1.81 bits per heavy atom. The van der Waals surface area contributed by atoms with Crippen LogP contribution in [0.1, 0.15) is 5.56 Å². The van der Waals surface area contributed by atoms with E-state index in [9.17, 15) is 10.1 Å². The van der Waals surface area contributed by atoms with Crippen molar-refractivity contribution in [3.05, 3.63) is 69.2 Å². The molecule has 2 aromatic carbocycles. The zero-order valence-corrected chi connectivity index (χ0v) is 11.4. The Labute approximate surface area is 125 Å². The molecule has 2 rings (SSSR count). The van der Waals surface area contributed by atoms with Crippen LogP contribution in [0, 0.1) is 21.4 Å². The van der Waals surface area contributed by atoms with Crippen molar-refractivity contribution in [3.63, 3.8) is 0 Å². The zero-order chi connectivity index (χ0) is 15.2. The van der Waals surface area contributed by atoms with Crippen LogP contribution >= 0.6 is 11.6 Å². The number of hydrazone groups is 1. The topological polar surface area (TPSA) is 91.3 Å². The molecule has 0 aliphatic heterocycles. The van der Waals surface area contributed by atoms with E-state index in [4.69, 9.17) is 16.9 Å². The maximum Gasteiger partial charge on any atom is 0.269 e. The third-order valence-electron chi connectivity index (χ3n) is 2.60. The van der Waals surface area contributed by atoms with Crippen LogP contribution in [0.3, 0.4) is 0 Å².